The second-order valence-electron chi connectivity index (χ2n) is 6.83. The van der Waals surface area contributed by atoms with Crippen LogP contribution in [0.25, 0.3) is 11.5 Å². The largest absolute Gasteiger partial charge is 0.411 e. The highest BCUT2D eigenvalue weighted by Gasteiger charge is 2.30. The minimum Gasteiger partial charge on any atom is -0.411 e. The number of thioether (sulfide) groups is 1. The van der Waals surface area contributed by atoms with Crippen LogP contribution in [0, 0.1) is 0 Å². The van der Waals surface area contributed by atoms with Crippen molar-refractivity contribution in [2.75, 3.05) is 24.7 Å². The molecule has 1 aromatic heterocycles. The van der Waals surface area contributed by atoms with E-state index in [-0.39, 0.29) is 21.4 Å². The van der Waals surface area contributed by atoms with Gasteiger partial charge in [-0.3, -0.25) is 4.79 Å². The minimum atomic E-state index is -3.76. The van der Waals surface area contributed by atoms with Gasteiger partial charge in [-0.15, -0.1) is 10.2 Å². The topological polar surface area (TPSA) is 105 Å². The van der Waals surface area contributed by atoms with E-state index < -0.39 is 15.9 Å². The standard InChI is InChI=1S/C20H19ClN4O4S2/c1-30-20-24-23-19(29-20)14-6-2-3-7-16(14)22-18(26)13-8-9-15(21)17(12-13)31(27,28)25-10-4-5-11-25/h2-3,6-9,12H,4-5,10-11H2,1H3,(H,22,26). The Hall–Kier alpha value is -2.40. The van der Waals surface area contributed by atoms with Crippen LogP contribution in [0.3, 0.4) is 0 Å². The molecule has 1 N–H and O–H groups in total. The third-order valence-corrected chi connectivity index (χ3v) is 7.76. The van der Waals surface area contributed by atoms with Crippen LogP contribution in [-0.4, -0.2) is 48.2 Å². The zero-order valence-corrected chi connectivity index (χ0v) is 18.9. The van der Waals surface area contributed by atoms with E-state index >= 15 is 0 Å². The van der Waals surface area contributed by atoms with E-state index in [1.807, 2.05) is 6.26 Å². The summed E-state index contributed by atoms with van der Waals surface area (Å²) in [5.74, 6) is -0.208. The van der Waals surface area contributed by atoms with Crippen molar-refractivity contribution in [3.8, 4) is 11.5 Å². The Morgan fingerprint density at radius 2 is 1.90 bits per heavy atom. The van der Waals surface area contributed by atoms with Gasteiger partial charge in [0.15, 0.2) is 0 Å². The third-order valence-electron chi connectivity index (χ3n) is 4.86. The predicted molar refractivity (Wildman–Crippen MR) is 119 cm³/mol. The van der Waals surface area contributed by atoms with E-state index in [1.54, 1.807) is 24.3 Å². The number of amides is 1. The summed E-state index contributed by atoms with van der Waals surface area (Å²) < 4.78 is 32.8. The molecule has 0 radical (unpaired) electrons. The molecule has 3 aromatic rings. The van der Waals surface area contributed by atoms with Gasteiger partial charge >= 0.3 is 0 Å². The van der Waals surface area contributed by atoms with Crippen molar-refractivity contribution in [2.24, 2.45) is 0 Å². The lowest BCUT2D eigenvalue weighted by Crippen LogP contribution is -2.28. The first-order chi connectivity index (χ1) is 14.9. The molecule has 0 spiro atoms. The number of nitrogens with one attached hydrogen (secondary N) is 1. The van der Waals surface area contributed by atoms with Gasteiger partial charge in [-0.25, -0.2) is 8.42 Å². The molecule has 11 heteroatoms. The van der Waals surface area contributed by atoms with Gasteiger partial charge in [0.1, 0.15) is 4.90 Å². The Balaban J connectivity index is 1.63. The number of benzene rings is 2. The molecular formula is C20H19ClN4O4S2. The molecule has 1 saturated heterocycles. The van der Waals surface area contributed by atoms with Crippen molar-refractivity contribution in [3.63, 3.8) is 0 Å². The first-order valence-corrected chi connectivity index (χ1v) is 12.5. The van der Waals surface area contributed by atoms with Crippen LogP contribution in [0.15, 0.2) is 57.0 Å². The lowest BCUT2D eigenvalue weighted by Gasteiger charge is -2.17. The van der Waals surface area contributed by atoms with Crippen LogP contribution in [0.5, 0.6) is 0 Å². The van der Waals surface area contributed by atoms with Gasteiger partial charge in [0.25, 0.3) is 17.0 Å². The molecule has 162 valence electrons. The number of aromatic nitrogens is 2. The summed E-state index contributed by atoms with van der Waals surface area (Å²) in [6, 6.07) is 11.2. The predicted octanol–water partition coefficient (Wildman–Crippen LogP) is 4.15. The smallest absolute Gasteiger partial charge is 0.276 e. The zero-order chi connectivity index (χ0) is 22.0. The number of halogens is 1. The normalized spacial score (nSPS) is 14.6. The second-order valence-corrected chi connectivity index (χ2v) is 9.90. The van der Waals surface area contributed by atoms with Crippen LogP contribution in [-0.2, 0) is 10.0 Å². The van der Waals surface area contributed by atoms with E-state index in [4.69, 9.17) is 16.0 Å². The Morgan fingerprint density at radius 3 is 2.61 bits per heavy atom. The van der Waals surface area contributed by atoms with Gasteiger partial charge in [-0.05, 0) is 49.4 Å². The molecule has 31 heavy (non-hydrogen) atoms. The molecule has 8 nitrogen and oxygen atoms in total. The monoisotopic (exact) mass is 478 g/mol. The Bertz CT molecular complexity index is 1220. The van der Waals surface area contributed by atoms with E-state index in [9.17, 15) is 13.2 Å². The maximum Gasteiger partial charge on any atom is 0.276 e. The molecule has 1 aliphatic rings. The summed E-state index contributed by atoms with van der Waals surface area (Å²) in [6.07, 6.45) is 3.43. The maximum absolute atomic E-state index is 12.9. The molecule has 2 aromatic carbocycles. The van der Waals surface area contributed by atoms with Crippen LogP contribution in [0.4, 0.5) is 5.69 Å². The van der Waals surface area contributed by atoms with Crippen molar-refractivity contribution in [2.45, 2.75) is 23.0 Å². The molecule has 0 bridgehead atoms. The number of sulfonamides is 1. The van der Waals surface area contributed by atoms with Gasteiger partial charge in [0.2, 0.25) is 10.0 Å². The van der Waals surface area contributed by atoms with Crippen LogP contribution < -0.4 is 5.32 Å². The van der Waals surface area contributed by atoms with Crippen LogP contribution >= 0.6 is 23.4 Å². The first-order valence-electron chi connectivity index (χ1n) is 9.48. The summed E-state index contributed by atoms with van der Waals surface area (Å²) in [6.45, 7) is 0.898. The van der Waals surface area contributed by atoms with Crippen molar-refractivity contribution < 1.29 is 17.6 Å². The highest BCUT2D eigenvalue weighted by molar-refractivity contribution is 7.98. The van der Waals surface area contributed by atoms with Crippen molar-refractivity contribution in [1.82, 2.24) is 14.5 Å². The van der Waals surface area contributed by atoms with Gasteiger partial charge in [0.05, 0.1) is 16.3 Å². The zero-order valence-electron chi connectivity index (χ0n) is 16.5. The van der Waals surface area contributed by atoms with Crippen LogP contribution in [0.1, 0.15) is 23.2 Å². The van der Waals surface area contributed by atoms with Gasteiger partial charge in [0, 0.05) is 18.7 Å². The van der Waals surface area contributed by atoms with Gasteiger partial charge < -0.3 is 9.73 Å². The molecular weight excluding hydrogens is 460 g/mol. The average molecular weight is 479 g/mol. The lowest BCUT2D eigenvalue weighted by molar-refractivity contribution is 0.102. The fraction of sp³-hybridized carbons (Fsp3) is 0.250. The molecule has 0 atom stereocenters. The molecule has 0 unspecified atom stereocenters. The minimum absolute atomic E-state index is 0.0708. The fourth-order valence-electron chi connectivity index (χ4n) is 3.28. The fourth-order valence-corrected chi connectivity index (χ4v) is 5.59. The number of para-hydroxylation sites is 1. The summed E-state index contributed by atoms with van der Waals surface area (Å²) >= 11 is 7.49. The first kappa shape index (κ1) is 21.8. The van der Waals surface area contributed by atoms with E-state index in [2.05, 4.69) is 15.5 Å². The molecule has 0 saturated carbocycles. The summed E-state index contributed by atoms with van der Waals surface area (Å²) in [5, 5.41) is 11.2. The van der Waals surface area contributed by atoms with E-state index in [1.165, 1.54) is 34.3 Å². The van der Waals surface area contributed by atoms with Crippen molar-refractivity contribution in [1.29, 1.82) is 0 Å². The molecule has 0 aliphatic carbocycles. The molecule has 2 heterocycles. The third kappa shape index (κ3) is 4.47. The summed E-state index contributed by atoms with van der Waals surface area (Å²) in [7, 11) is -3.76. The van der Waals surface area contributed by atoms with E-state index in [0.29, 0.717) is 29.6 Å². The number of rotatable bonds is 6. The van der Waals surface area contributed by atoms with Gasteiger partial charge in [-0.1, -0.05) is 35.5 Å². The summed E-state index contributed by atoms with van der Waals surface area (Å²) in [4.78, 5) is 12.9. The molecule has 1 aliphatic heterocycles. The molecule has 1 amide bonds. The Kier molecular flexibility index (Phi) is 6.33. The SMILES string of the molecule is CSc1nnc(-c2ccccc2NC(=O)c2ccc(Cl)c(S(=O)(=O)N3CCCC3)c2)o1. The van der Waals surface area contributed by atoms with E-state index in [0.717, 1.165) is 12.8 Å². The summed E-state index contributed by atoms with van der Waals surface area (Å²) in [5.41, 5.74) is 1.19. The number of carbonyl (C=O) groups is 1. The molecule has 4 rings (SSSR count). The highest BCUT2D eigenvalue weighted by atomic mass is 35.5. The van der Waals surface area contributed by atoms with Crippen molar-refractivity contribution in [3.05, 3.63) is 53.1 Å². The lowest BCUT2D eigenvalue weighted by atomic mass is 10.1. The highest BCUT2D eigenvalue weighted by Crippen LogP contribution is 2.31. The average Bonchev–Trinajstić information content (AvgIpc) is 3.47. The van der Waals surface area contributed by atoms with Gasteiger partial charge in [-0.2, -0.15) is 4.31 Å². The number of anilines is 1. The second kappa shape index (κ2) is 8.99. The number of hydrogen-bond donors (Lipinski definition) is 1. The van der Waals surface area contributed by atoms with Crippen molar-refractivity contribution >= 4 is 45.0 Å². The molecule has 1 fully saturated rings. The number of nitrogens with zero attached hydrogens (tertiary/aromatic N) is 3. The Morgan fingerprint density at radius 1 is 1.16 bits per heavy atom. The Labute approximate surface area is 189 Å². The van der Waals surface area contributed by atoms with Crippen LogP contribution in [0.2, 0.25) is 5.02 Å². The maximum atomic E-state index is 12.9. The number of hydrogen-bond acceptors (Lipinski definition) is 7. The quantitative estimate of drug-likeness (QED) is 0.530. The number of carbonyl (C=O) groups excluding carboxylic acids is 1.